The summed E-state index contributed by atoms with van der Waals surface area (Å²) in [6.45, 7) is 11.1. The number of nitrogens with zero attached hydrogens (tertiary/aromatic N) is 2. The predicted octanol–water partition coefficient (Wildman–Crippen LogP) is 4.07. The van der Waals surface area contributed by atoms with E-state index in [2.05, 4.69) is 0 Å². The summed E-state index contributed by atoms with van der Waals surface area (Å²) >= 11 is 0. The molecule has 1 aromatic carbocycles. The van der Waals surface area contributed by atoms with Crippen LogP contribution >= 0.6 is 0 Å². The van der Waals surface area contributed by atoms with E-state index in [-0.39, 0.29) is 30.7 Å². The van der Waals surface area contributed by atoms with E-state index in [1.807, 2.05) is 62.6 Å². The molecule has 0 aromatic heterocycles. The summed E-state index contributed by atoms with van der Waals surface area (Å²) in [6, 6.07) is 6.07. The van der Waals surface area contributed by atoms with E-state index >= 15 is 0 Å². The van der Waals surface area contributed by atoms with Gasteiger partial charge in [0, 0.05) is 13.1 Å². The maximum absolute atomic E-state index is 13.0. The van der Waals surface area contributed by atoms with Crippen LogP contribution in [0.25, 0.3) is 0 Å². The van der Waals surface area contributed by atoms with Crippen molar-refractivity contribution >= 4 is 12.0 Å². The van der Waals surface area contributed by atoms with Gasteiger partial charge < -0.3 is 19.3 Å². The lowest BCUT2D eigenvalue weighted by Crippen LogP contribution is -2.51. The number of ether oxygens (including phenoxy) is 2. The molecule has 2 atom stereocenters. The van der Waals surface area contributed by atoms with Crippen molar-refractivity contribution in [2.75, 3.05) is 19.7 Å². The topological polar surface area (TPSA) is 59.1 Å². The number of carbonyl (C=O) groups is 2. The largest absolute Gasteiger partial charge is 0.483 e. The maximum Gasteiger partial charge on any atom is 0.410 e. The van der Waals surface area contributed by atoms with Crippen molar-refractivity contribution < 1.29 is 19.1 Å². The normalized spacial score (nSPS) is 22.1. The van der Waals surface area contributed by atoms with Gasteiger partial charge in [-0.25, -0.2) is 4.79 Å². The Bertz CT molecular complexity index is 756. The van der Waals surface area contributed by atoms with Crippen molar-refractivity contribution in [1.82, 2.24) is 9.80 Å². The Morgan fingerprint density at radius 1 is 1.03 bits per heavy atom. The summed E-state index contributed by atoms with van der Waals surface area (Å²) < 4.78 is 11.4. The highest BCUT2D eigenvalue weighted by molar-refractivity contribution is 5.79. The lowest BCUT2D eigenvalue weighted by atomic mass is 10.0. The van der Waals surface area contributed by atoms with Crippen LogP contribution in [0.5, 0.6) is 5.75 Å². The molecule has 6 heteroatoms. The molecule has 0 N–H and O–H groups in total. The molecule has 2 aliphatic heterocycles. The Balaban J connectivity index is 1.64. The number of hydrogen-bond acceptors (Lipinski definition) is 4. The Kier molecular flexibility index (Phi) is 6.39. The second-order valence-electron chi connectivity index (χ2n) is 9.24. The van der Waals surface area contributed by atoms with Gasteiger partial charge in [-0.05, 0) is 77.5 Å². The summed E-state index contributed by atoms with van der Waals surface area (Å²) in [6.07, 6.45) is 3.45. The van der Waals surface area contributed by atoms with E-state index in [0.717, 1.165) is 49.1 Å². The molecular weight excluding hydrogens is 368 g/mol. The van der Waals surface area contributed by atoms with Crippen LogP contribution in [0.3, 0.4) is 0 Å². The first-order chi connectivity index (χ1) is 13.7. The van der Waals surface area contributed by atoms with Gasteiger partial charge in [0.15, 0.2) is 6.61 Å². The number of amides is 2. The predicted molar refractivity (Wildman–Crippen MR) is 112 cm³/mol. The van der Waals surface area contributed by atoms with Crippen molar-refractivity contribution in [3.05, 3.63) is 29.3 Å². The number of hydrogen-bond donors (Lipinski definition) is 0. The van der Waals surface area contributed by atoms with E-state index in [0.29, 0.717) is 6.54 Å². The molecule has 0 unspecified atom stereocenters. The molecule has 0 bridgehead atoms. The highest BCUT2D eigenvalue weighted by Crippen LogP contribution is 2.31. The minimum Gasteiger partial charge on any atom is -0.483 e. The molecule has 0 saturated carbocycles. The molecule has 2 amide bonds. The number of rotatable bonds is 4. The van der Waals surface area contributed by atoms with E-state index in [4.69, 9.17) is 9.47 Å². The molecule has 2 saturated heterocycles. The van der Waals surface area contributed by atoms with Gasteiger partial charge in [-0.3, -0.25) is 4.79 Å². The molecule has 160 valence electrons. The molecule has 2 aliphatic rings. The number of aryl methyl sites for hydroxylation is 2. The van der Waals surface area contributed by atoms with Crippen LogP contribution in [0.1, 0.15) is 57.6 Å². The first-order valence-corrected chi connectivity index (χ1v) is 10.6. The lowest BCUT2D eigenvalue weighted by molar-refractivity contribution is -0.135. The third-order valence-electron chi connectivity index (χ3n) is 5.69. The van der Waals surface area contributed by atoms with Gasteiger partial charge in [0.1, 0.15) is 11.4 Å². The maximum atomic E-state index is 13.0. The molecule has 6 nitrogen and oxygen atoms in total. The molecule has 0 spiro atoms. The summed E-state index contributed by atoms with van der Waals surface area (Å²) in [5.41, 5.74) is 1.61. The van der Waals surface area contributed by atoms with Crippen molar-refractivity contribution in [3.63, 3.8) is 0 Å². The number of benzene rings is 1. The zero-order chi connectivity index (χ0) is 21.2. The van der Waals surface area contributed by atoms with E-state index in [9.17, 15) is 9.59 Å². The van der Waals surface area contributed by atoms with E-state index in [1.165, 1.54) is 0 Å². The van der Waals surface area contributed by atoms with Crippen LogP contribution < -0.4 is 4.74 Å². The quantitative estimate of drug-likeness (QED) is 0.762. The molecule has 29 heavy (non-hydrogen) atoms. The van der Waals surface area contributed by atoms with Gasteiger partial charge in [-0.1, -0.05) is 12.1 Å². The molecule has 1 aromatic rings. The fourth-order valence-electron chi connectivity index (χ4n) is 4.33. The summed E-state index contributed by atoms with van der Waals surface area (Å²) in [5, 5.41) is 0. The van der Waals surface area contributed by atoms with Crippen LogP contribution in [-0.2, 0) is 9.53 Å². The SMILES string of the molecule is Cc1ccc(C)c(OCC(=O)N2CCC[C@H]2[C@H]2CCCN2C(=O)OC(C)(C)C)c1. The van der Waals surface area contributed by atoms with Crippen molar-refractivity contribution in [3.8, 4) is 5.75 Å². The van der Waals surface area contributed by atoms with Gasteiger partial charge in [-0.2, -0.15) is 0 Å². The van der Waals surface area contributed by atoms with Crippen molar-refractivity contribution in [1.29, 1.82) is 0 Å². The Morgan fingerprint density at radius 3 is 2.31 bits per heavy atom. The van der Waals surface area contributed by atoms with Crippen LogP contribution in [0.4, 0.5) is 4.79 Å². The Labute approximate surface area is 174 Å². The lowest BCUT2D eigenvalue weighted by Gasteiger charge is -2.35. The van der Waals surface area contributed by atoms with Crippen molar-refractivity contribution in [2.45, 2.75) is 78.0 Å². The smallest absolute Gasteiger partial charge is 0.410 e. The second kappa shape index (κ2) is 8.64. The molecule has 0 radical (unpaired) electrons. The van der Waals surface area contributed by atoms with Gasteiger partial charge in [-0.15, -0.1) is 0 Å². The Hall–Kier alpha value is -2.24. The summed E-state index contributed by atoms with van der Waals surface area (Å²) in [5.74, 6) is 0.745. The average molecular weight is 403 g/mol. The summed E-state index contributed by atoms with van der Waals surface area (Å²) in [4.78, 5) is 29.4. The minimum atomic E-state index is -0.519. The van der Waals surface area contributed by atoms with Crippen LogP contribution in [0.15, 0.2) is 18.2 Å². The first-order valence-electron chi connectivity index (χ1n) is 10.6. The Morgan fingerprint density at radius 2 is 1.66 bits per heavy atom. The fourth-order valence-corrected chi connectivity index (χ4v) is 4.33. The van der Waals surface area contributed by atoms with Crippen LogP contribution in [-0.4, -0.2) is 59.2 Å². The molecule has 2 fully saturated rings. The average Bonchev–Trinajstić information content (AvgIpc) is 3.29. The van der Waals surface area contributed by atoms with Gasteiger partial charge in [0.25, 0.3) is 5.91 Å². The van der Waals surface area contributed by atoms with Crippen LogP contribution in [0, 0.1) is 13.8 Å². The van der Waals surface area contributed by atoms with Gasteiger partial charge >= 0.3 is 6.09 Å². The zero-order valence-electron chi connectivity index (χ0n) is 18.4. The first kappa shape index (κ1) is 21.5. The third kappa shape index (κ3) is 5.22. The number of likely N-dealkylation sites (tertiary alicyclic amines) is 2. The third-order valence-corrected chi connectivity index (χ3v) is 5.69. The molecule has 2 heterocycles. The highest BCUT2D eigenvalue weighted by atomic mass is 16.6. The molecular formula is C23H34N2O4. The van der Waals surface area contributed by atoms with Crippen molar-refractivity contribution in [2.24, 2.45) is 0 Å². The fraction of sp³-hybridized carbons (Fsp3) is 0.652. The number of carbonyl (C=O) groups excluding carboxylic acids is 2. The minimum absolute atomic E-state index is 0.00977. The monoisotopic (exact) mass is 402 g/mol. The zero-order valence-corrected chi connectivity index (χ0v) is 18.4. The van der Waals surface area contributed by atoms with E-state index in [1.54, 1.807) is 0 Å². The van der Waals surface area contributed by atoms with Gasteiger partial charge in [0.05, 0.1) is 12.1 Å². The second-order valence-corrected chi connectivity index (χ2v) is 9.24. The van der Waals surface area contributed by atoms with Gasteiger partial charge in [0.2, 0.25) is 0 Å². The van der Waals surface area contributed by atoms with Crippen LogP contribution in [0.2, 0.25) is 0 Å². The molecule has 3 rings (SSSR count). The highest BCUT2D eigenvalue weighted by Gasteiger charge is 2.42. The standard InChI is InChI=1S/C23H34N2O4/c1-16-10-11-17(2)20(14-16)28-15-21(26)24-12-6-8-18(24)19-9-7-13-25(19)22(27)29-23(3,4)5/h10-11,14,18-19H,6-9,12-13,15H2,1-5H3/t18-,19+/m0/s1. The van der Waals surface area contributed by atoms with E-state index < -0.39 is 5.60 Å². The molecule has 0 aliphatic carbocycles. The summed E-state index contributed by atoms with van der Waals surface area (Å²) in [7, 11) is 0.